The molecule has 0 saturated heterocycles. The van der Waals surface area contributed by atoms with E-state index in [2.05, 4.69) is 27.8 Å². The number of carbonyl (C=O) groups excluding carboxylic acids is 4. The minimum absolute atomic E-state index is 0.0663. The average molecular weight is 605 g/mol. The maximum atomic E-state index is 13.2. The number of aliphatic hydroxyl groups is 2. The van der Waals surface area contributed by atoms with Crippen LogP contribution in [-0.2, 0) is 25.5 Å². The smallest absolute Gasteiger partial charge is 0.408 e. The van der Waals surface area contributed by atoms with Crippen molar-refractivity contribution in [2.75, 3.05) is 0 Å². The molecule has 0 aliphatic rings. The molecule has 0 bridgehead atoms. The van der Waals surface area contributed by atoms with Crippen LogP contribution in [0.5, 0.6) is 0 Å². The van der Waals surface area contributed by atoms with Crippen LogP contribution in [0.15, 0.2) is 42.5 Å². The second-order valence-electron chi connectivity index (χ2n) is 12.9. The number of amides is 4. The van der Waals surface area contributed by atoms with Crippen molar-refractivity contribution in [2.24, 2.45) is 11.8 Å². The van der Waals surface area contributed by atoms with E-state index in [9.17, 15) is 29.4 Å². The molecule has 0 fully saturated rings. The Morgan fingerprint density at radius 2 is 1.42 bits per heavy atom. The molecule has 5 atom stereocenters. The first-order valence-electron chi connectivity index (χ1n) is 14.9. The Labute approximate surface area is 256 Å². The van der Waals surface area contributed by atoms with Crippen LogP contribution in [0.1, 0.15) is 80.2 Å². The van der Waals surface area contributed by atoms with Gasteiger partial charge >= 0.3 is 6.09 Å². The van der Waals surface area contributed by atoms with Gasteiger partial charge in [0.05, 0.1) is 12.1 Å². The van der Waals surface area contributed by atoms with E-state index < -0.39 is 59.9 Å². The molecule has 0 aliphatic carbocycles. The van der Waals surface area contributed by atoms with Crippen LogP contribution in [0.4, 0.5) is 4.79 Å². The fourth-order valence-corrected chi connectivity index (χ4v) is 4.26. The molecular weight excluding hydrogens is 552 g/mol. The van der Waals surface area contributed by atoms with Gasteiger partial charge in [-0.15, -0.1) is 0 Å². The summed E-state index contributed by atoms with van der Waals surface area (Å²) in [5.41, 5.74) is 0.102. The van der Waals surface area contributed by atoms with Gasteiger partial charge in [-0.1, -0.05) is 64.6 Å². The number of benzene rings is 1. The van der Waals surface area contributed by atoms with Gasteiger partial charge in [-0.3, -0.25) is 14.4 Å². The first kappa shape index (κ1) is 37.6. The summed E-state index contributed by atoms with van der Waals surface area (Å²) in [7, 11) is 0. The number of carbonyl (C=O) groups is 4. The number of rotatable bonds is 16. The highest BCUT2D eigenvalue weighted by molar-refractivity contribution is 5.93. The summed E-state index contributed by atoms with van der Waals surface area (Å²) in [5.74, 6) is -1.44. The van der Waals surface area contributed by atoms with Crippen molar-refractivity contribution in [1.29, 1.82) is 0 Å². The Hall–Kier alpha value is -3.44. The first-order chi connectivity index (χ1) is 19.9. The standard InChI is InChI=1S/C32H52N4O7/c1-19(2)15-24(26(37)17-21(5)28(39)36-27(38)16-20(3)4)34-29(40)22(6)33-30(41)25(18-23-13-11-10-12-14-23)35-31(42)43-32(7,8)9/h10-14,19-20,22,24-27,37-38H,5,15-18H2,1-4,6-9H3,(H,33,41)(H,34,40)(H,35,42)(H,36,39). The Balaban J connectivity index is 2.92. The Morgan fingerprint density at radius 1 is 0.837 bits per heavy atom. The second-order valence-corrected chi connectivity index (χ2v) is 12.9. The van der Waals surface area contributed by atoms with E-state index in [1.807, 2.05) is 58.0 Å². The predicted molar refractivity (Wildman–Crippen MR) is 166 cm³/mol. The van der Waals surface area contributed by atoms with Crippen LogP contribution in [0.25, 0.3) is 0 Å². The fourth-order valence-electron chi connectivity index (χ4n) is 4.26. The van der Waals surface area contributed by atoms with Crippen molar-refractivity contribution in [2.45, 2.75) is 117 Å². The van der Waals surface area contributed by atoms with Crippen LogP contribution >= 0.6 is 0 Å². The van der Waals surface area contributed by atoms with E-state index in [4.69, 9.17) is 4.74 Å². The van der Waals surface area contributed by atoms with Crippen LogP contribution in [0.3, 0.4) is 0 Å². The molecule has 1 rings (SSSR count). The van der Waals surface area contributed by atoms with Crippen molar-refractivity contribution in [3.8, 4) is 0 Å². The van der Waals surface area contributed by atoms with Crippen molar-refractivity contribution < 1.29 is 34.1 Å². The van der Waals surface area contributed by atoms with E-state index >= 15 is 0 Å². The Kier molecular flexibility index (Phi) is 15.4. The van der Waals surface area contributed by atoms with Crippen LogP contribution in [0, 0.1) is 11.8 Å². The van der Waals surface area contributed by atoms with Crippen LogP contribution in [0.2, 0.25) is 0 Å². The summed E-state index contributed by atoms with van der Waals surface area (Å²) in [5, 5.41) is 31.5. The molecule has 5 unspecified atom stereocenters. The summed E-state index contributed by atoms with van der Waals surface area (Å²) in [6, 6.07) is 6.36. The first-order valence-corrected chi connectivity index (χ1v) is 14.9. The molecule has 11 heteroatoms. The molecule has 0 saturated carbocycles. The number of alkyl carbamates (subject to hydrolysis) is 1. The number of hydrogen-bond donors (Lipinski definition) is 6. The van der Waals surface area contributed by atoms with Crippen molar-refractivity contribution in [1.82, 2.24) is 21.3 Å². The van der Waals surface area contributed by atoms with Gasteiger partial charge in [-0.25, -0.2) is 4.79 Å². The zero-order valence-electron chi connectivity index (χ0n) is 26.9. The van der Waals surface area contributed by atoms with Crippen molar-refractivity contribution in [3.63, 3.8) is 0 Å². The lowest BCUT2D eigenvalue weighted by molar-refractivity contribution is -0.130. The maximum absolute atomic E-state index is 13.2. The molecule has 4 amide bonds. The zero-order chi connectivity index (χ0) is 32.9. The highest BCUT2D eigenvalue weighted by Gasteiger charge is 2.30. The topological polar surface area (TPSA) is 166 Å². The van der Waals surface area contributed by atoms with Crippen molar-refractivity contribution in [3.05, 3.63) is 48.0 Å². The highest BCUT2D eigenvalue weighted by Crippen LogP contribution is 2.16. The fraction of sp³-hybridized carbons (Fsp3) is 0.625. The lowest BCUT2D eigenvalue weighted by atomic mass is 9.94. The molecule has 1 aromatic rings. The third-order valence-electron chi connectivity index (χ3n) is 6.33. The minimum Gasteiger partial charge on any atom is -0.444 e. The maximum Gasteiger partial charge on any atom is 0.408 e. The van der Waals surface area contributed by atoms with E-state index in [1.165, 1.54) is 6.92 Å². The van der Waals surface area contributed by atoms with Gasteiger partial charge in [0.2, 0.25) is 17.7 Å². The lowest BCUT2D eigenvalue weighted by Crippen LogP contribution is -2.56. The Morgan fingerprint density at radius 3 is 1.95 bits per heavy atom. The number of hydrogen-bond acceptors (Lipinski definition) is 7. The van der Waals surface area contributed by atoms with Crippen LogP contribution < -0.4 is 21.3 Å². The van der Waals surface area contributed by atoms with E-state index in [-0.39, 0.29) is 30.3 Å². The molecule has 242 valence electrons. The monoisotopic (exact) mass is 604 g/mol. The Bertz CT molecular complexity index is 1070. The predicted octanol–water partition coefficient (Wildman–Crippen LogP) is 2.95. The average Bonchev–Trinajstić information content (AvgIpc) is 2.86. The summed E-state index contributed by atoms with van der Waals surface area (Å²) in [4.78, 5) is 51.3. The lowest BCUT2D eigenvalue weighted by Gasteiger charge is -2.28. The van der Waals surface area contributed by atoms with Gasteiger partial charge < -0.3 is 36.2 Å². The molecule has 0 heterocycles. The third kappa shape index (κ3) is 15.6. The molecule has 1 aromatic carbocycles. The van der Waals surface area contributed by atoms with Crippen molar-refractivity contribution >= 4 is 23.8 Å². The molecule has 11 nitrogen and oxygen atoms in total. The molecule has 0 spiro atoms. The third-order valence-corrected chi connectivity index (χ3v) is 6.33. The molecule has 0 radical (unpaired) electrons. The summed E-state index contributed by atoms with van der Waals surface area (Å²) in [6.45, 7) is 18.1. The van der Waals surface area contributed by atoms with E-state index in [1.54, 1.807) is 20.8 Å². The minimum atomic E-state index is -1.14. The second kappa shape index (κ2) is 17.6. The summed E-state index contributed by atoms with van der Waals surface area (Å²) < 4.78 is 5.32. The van der Waals surface area contributed by atoms with Crippen LogP contribution in [-0.4, -0.2) is 70.1 Å². The molecule has 0 aromatic heterocycles. The summed E-state index contributed by atoms with van der Waals surface area (Å²) >= 11 is 0. The largest absolute Gasteiger partial charge is 0.444 e. The molecule has 6 N–H and O–H groups in total. The highest BCUT2D eigenvalue weighted by atomic mass is 16.6. The van der Waals surface area contributed by atoms with Gasteiger partial charge in [0.1, 0.15) is 23.9 Å². The molecule has 43 heavy (non-hydrogen) atoms. The number of aliphatic hydroxyl groups excluding tert-OH is 2. The molecular formula is C32H52N4O7. The van der Waals surface area contributed by atoms with Gasteiger partial charge in [-0.05, 0) is 57.9 Å². The normalized spacial score (nSPS) is 15.1. The van der Waals surface area contributed by atoms with E-state index in [0.29, 0.717) is 12.8 Å². The number of ether oxygens (including phenoxy) is 1. The van der Waals surface area contributed by atoms with Gasteiger partial charge in [0.25, 0.3) is 0 Å². The number of nitrogens with one attached hydrogen (secondary N) is 4. The zero-order valence-corrected chi connectivity index (χ0v) is 26.9. The van der Waals surface area contributed by atoms with E-state index in [0.717, 1.165) is 5.56 Å². The quantitative estimate of drug-likeness (QED) is 0.125. The molecule has 0 aliphatic heterocycles. The van der Waals surface area contributed by atoms with Gasteiger partial charge in [0.15, 0.2) is 0 Å². The van der Waals surface area contributed by atoms with Gasteiger partial charge in [-0.2, -0.15) is 0 Å². The summed E-state index contributed by atoms with van der Waals surface area (Å²) in [6.07, 6.45) is -2.13. The SMILES string of the molecule is C=C(CC(O)C(CC(C)C)NC(=O)C(C)NC(=O)C(Cc1ccccc1)NC(=O)OC(C)(C)C)C(=O)NC(O)CC(C)C. The van der Waals surface area contributed by atoms with Gasteiger partial charge in [0, 0.05) is 18.4 Å².